The van der Waals surface area contributed by atoms with Crippen LogP contribution in [0.15, 0.2) is 12.2 Å². The average molecular weight is 178 g/mol. The van der Waals surface area contributed by atoms with Crippen molar-refractivity contribution < 1.29 is 4.74 Å². The number of hydrogen-bond donors (Lipinski definition) is 0. The number of hydrogen-bond acceptors (Lipinski definition) is 1. The molecule has 2 aliphatic carbocycles. The van der Waals surface area contributed by atoms with Crippen molar-refractivity contribution >= 4 is 0 Å². The van der Waals surface area contributed by atoms with Crippen LogP contribution in [-0.2, 0) is 4.74 Å². The molecule has 1 nitrogen and oxygen atoms in total. The second-order valence-corrected chi connectivity index (χ2v) is 4.92. The topological polar surface area (TPSA) is 9.23 Å². The third-order valence-electron chi connectivity index (χ3n) is 4.64. The van der Waals surface area contributed by atoms with Gasteiger partial charge in [-0.2, -0.15) is 0 Å². The van der Waals surface area contributed by atoms with Gasteiger partial charge in [-0.25, -0.2) is 0 Å². The highest BCUT2D eigenvalue weighted by Crippen LogP contribution is 2.69. The van der Waals surface area contributed by atoms with E-state index in [0.29, 0.717) is 11.5 Å². The molecule has 0 aromatic carbocycles. The quantitative estimate of drug-likeness (QED) is 0.591. The van der Waals surface area contributed by atoms with Crippen molar-refractivity contribution in [1.29, 1.82) is 0 Å². The van der Waals surface area contributed by atoms with Crippen LogP contribution in [0.1, 0.15) is 26.7 Å². The SMILES string of the molecule is CCC[C@@H]1[C@H]2C=CC23[C@@H]1CO[C@@H]3C. The Labute approximate surface area is 80.2 Å². The molecule has 0 bridgehead atoms. The van der Waals surface area contributed by atoms with Gasteiger partial charge in [-0.15, -0.1) is 0 Å². The minimum atomic E-state index is 0.487. The van der Waals surface area contributed by atoms with E-state index in [1.165, 1.54) is 12.8 Å². The molecule has 0 radical (unpaired) electrons. The zero-order chi connectivity index (χ0) is 9.05. The Morgan fingerprint density at radius 2 is 2.38 bits per heavy atom. The zero-order valence-electron chi connectivity index (χ0n) is 8.49. The summed E-state index contributed by atoms with van der Waals surface area (Å²) < 4.78 is 5.79. The van der Waals surface area contributed by atoms with E-state index in [9.17, 15) is 0 Å². The van der Waals surface area contributed by atoms with E-state index in [1.807, 2.05) is 0 Å². The maximum absolute atomic E-state index is 5.79. The van der Waals surface area contributed by atoms with Gasteiger partial charge in [-0.3, -0.25) is 0 Å². The van der Waals surface area contributed by atoms with Crippen molar-refractivity contribution in [3.8, 4) is 0 Å². The summed E-state index contributed by atoms with van der Waals surface area (Å²) in [6, 6.07) is 0. The van der Waals surface area contributed by atoms with Crippen LogP contribution in [0.5, 0.6) is 0 Å². The molecule has 0 aromatic heterocycles. The van der Waals surface area contributed by atoms with Crippen LogP contribution < -0.4 is 0 Å². The molecule has 1 unspecified atom stereocenters. The fourth-order valence-electron chi connectivity index (χ4n) is 3.90. The molecular weight excluding hydrogens is 160 g/mol. The van der Waals surface area contributed by atoms with E-state index < -0.39 is 0 Å². The lowest BCUT2D eigenvalue weighted by Gasteiger charge is -2.62. The van der Waals surface area contributed by atoms with Crippen molar-refractivity contribution in [3.05, 3.63) is 12.2 Å². The summed E-state index contributed by atoms with van der Waals surface area (Å²) in [5, 5.41) is 0. The lowest BCUT2D eigenvalue weighted by molar-refractivity contribution is -0.0715. The highest BCUT2D eigenvalue weighted by molar-refractivity contribution is 5.33. The summed E-state index contributed by atoms with van der Waals surface area (Å²) in [5.41, 5.74) is 0.500. The molecule has 1 heteroatoms. The number of rotatable bonds is 2. The second-order valence-electron chi connectivity index (χ2n) is 4.92. The lowest BCUT2D eigenvalue weighted by Crippen LogP contribution is -2.61. The Balaban J connectivity index is 1.84. The van der Waals surface area contributed by atoms with Crippen LogP contribution >= 0.6 is 0 Å². The maximum atomic E-state index is 5.79. The zero-order valence-corrected chi connectivity index (χ0v) is 8.49. The Bertz CT molecular complexity index is 258. The van der Waals surface area contributed by atoms with Crippen LogP contribution in [0.2, 0.25) is 0 Å². The van der Waals surface area contributed by atoms with Gasteiger partial charge < -0.3 is 4.74 Å². The molecule has 2 fully saturated rings. The van der Waals surface area contributed by atoms with Gasteiger partial charge in [-0.05, 0) is 31.1 Å². The first-order valence-corrected chi connectivity index (χ1v) is 5.61. The maximum Gasteiger partial charge on any atom is 0.0647 e. The van der Waals surface area contributed by atoms with Crippen molar-refractivity contribution in [3.63, 3.8) is 0 Å². The number of ether oxygens (including phenoxy) is 1. The summed E-state index contributed by atoms with van der Waals surface area (Å²) in [5.74, 6) is 2.67. The van der Waals surface area contributed by atoms with E-state index >= 15 is 0 Å². The van der Waals surface area contributed by atoms with Gasteiger partial charge in [0.05, 0.1) is 12.7 Å². The third kappa shape index (κ3) is 0.698. The molecule has 0 N–H and O–H groups in total. The number of allylic oxidation sites excluding steroid dienone is 1. The molecule has 1 aliphatic heterocycles. The summed E-state index contributed by atoms with van der Waals surface area (Å²) in [6.07, 6.45) is 8.06. The Morgan fingerprint density at radius 1 is 1.54 bits per heavy atom. The molecule has 0 aromatic rings. The third-order valence-corrected chi connectivity index (χ3v) is 4.64. The van der Waals surface area contributed by atoms with Crippen LogP contribution in [0.4, 0.5) is 0 Å². The van der Waals surface area contributed by atoms with E-state index in [4.69, 9.17) is 4.74 Å². The fourth-order valence-corrected chi connectivity index (χ4v) is 3.90. The van der Waals surface area contributed by atoms with Gasteiger partial charge in [0.25, 0.3) is 0 Å². The molecule has 0 amide bonds. The molecular formula is C12H18O. The van der Waals surface area contributed by atoms with Gasteiger partial charge >= 0.3 is 0 Å². The summed E-state index contributed by atoms with van der Waals surface area (Å²) in [7, 11) is 0. The van der Waals surface area contributed by atoms with E-state index in [-0.39, 0.29) is 0 Å². The first kappa shape index (κ1) is 8.05. The van der Waals surface area contributed by atoms with Gasteiger partial charge in [0.2, 0.25) is 0 Å². The van der Waals surface area contributed by atoms with E-state index in [2.05, 4.69) is 26.0 Å². The van der Waals surface area contributed by atoms with Gasteiger partial charge in [0.1, 0.15) is 0 Å². The predicted octanol–water partition coefficient (Wildman–Crippen LogP) is 2.62. The largest absolute Gasteiger partial charge is 0.377 e. The fraction of sp³-hybridized carbons (Fsp3) is 0.833. The standard InChI is InChI=1S/C12H18O/c1-3-4-9-10-5-6-12(10)8(2)13-7-11(9)12/h5-6,8-11H,3-4,7H2,1-2H3/t8-,9-,10-,11-,12?/m1/s1. The highest BCUT2D eigenvalue weighted by atomic mass is 16.5. The van der Waals surface area contributed by atoms with Crippen molar-refractivity contribution in [2.75, 3.05) is 6.61 Å². The van der Waals surface area contributed by atoms with Gasteiger partial charge in [0.15, 0.2) is 0 Å². The Hall–Kier alpha value is -0.300. The van der Waals surface area contributed by atoms with Crippen LogP contribution in [0.3, 0.4) is 0 Å². The molecule has 1 spiro atoms. The van der Waals surface area contributed by atoms with Crippen molar-refractivity contribution in [1.82, 2.24) is 0 Å². The molecule has 1 saturated carbocycles. The summed E-state index contributed by atoms with van der Waals surface area (Å²) >= 11 is 0. The average Bonchev–Trinajstić information content (AvgIpc) is 2.40. The lowest BCUT2D eigenvalue weighted by atomic mass is 9.40. The summed E-state index contributed by atoms with van der Waals surface area (Å²) in [6.45, 7) is 5.56. The minimum Gasteiger partial charge on any atom is -0.377 e. The molecule has 5 atom stereocenters. The van der Waals surface area contributed by atoms with Crippen LogP contribution in [0, 0.1) is 23.2 Å². The molecule has 13 heavy (non-hydrogen) atoms. The second kappa shape index (κ2) is 2.38. The highest BCUT2D eigenvalue weighted by Gasteiger charge is 2.68. The smallest absolute Gasteiger partial charge is 0.0647 e. The van der Waals surface area contributed by atoms with Crippen molar-refractivity contribution in [2.45, 2.75) is 32.8 Å². The first-order valence-electron chi connectivity index (χ1n) is 5.61. The summed E-state index contributed by atoms with van der Waals surface area (Å²) in [4.78, 5) is 0. The minimum absolute atomic E-state index is 0.487. The predicted molar refractivity (Wildman–Crippen MR) is 52.4 cm³/mol. The van der Waals surface area contributed by atoms with Crippen LogP contribution in [0.25, 0.3) is 0 Å². The Kier molecular flexibility index (Phi) is 1.48. The molecule has 1 heterocycles. The van der Waals surface area contributed by atoms with Gasteiger partial charge in [0, 0.05) is 5.41 Å². The van der Waals surface area contributed by atoms with E-state index in [1.54, 1.807) is 0 Å². The van der Waals surface area contributed by atoms with Gasteiger partial charge in [-0.1, -0.05) is 25.5 Å². The first-order chi connectivity index (χ1) is 6.30. The van der Waals surface area contributed by atoms with Crippen molar-refractivity contribution in [2.24, 2.45) is 23.2 Å². The molecule has 3 aliphatic rings. The van der Waals surface area contributed by atoms with E-state index in [0.717, 1.165) is 24.4 Å². The normalized spacial score (nSPS) is 56.5. The van der Waals surface area contributed by atoms with Crippen LogP contribution in [-0.4, -0.2) is 12.7 Å². The Morgan fingerprint density at radius 3 is 3.00 bits per heavy atom. The molecule has 72 valence electrons. The monoisotopic (exact) mass is 178 g/mol. The molecule has 1 saturated heterocycles. The molecule has 3 rings (SSSR count).